The second kappa shape index (κ2) is 6.92. The van der Waals surface area contributed by atoms with Gasteiger partial charge < -0.3 is 9.73 Å². The van der Waals surface area contributed by atoms with E-state index in [1.165, 1.54) is 6.07 Å². The van der Waals surface area contributed by atoms with E-state index in [1.54, 1.807) is 18.2 Å². The molecule has 6 nitrogen and oxygen atoms in total. The maximum atomic E-state index is 13.6. The number of aromatic nitrogens is 2. The normalized spacial score (nSPS) is 19.1. The van der Waals surface area contributed by atoms with Crippen LogP contribution in [0.5, 0.6) is 0 Å². The van der Waals surface area contributed by atoms with Gasteiger partial charge in [-0.15, -0.1) is 10.2 Å². The van der Waals surface area contributed by atoms with Crippen LogP contribution in [0.15, 0.2) is 28.7 Å². The Morgan fingerprint density at radius 3 is 2.40 bits per heavy atom. The molecule has 1 saturated carbocycles. The maximum absolute atomic E-state index is 13.6. The van der Waals surface area contributed by atoms with E-state index >= 15 is 0 Å². The number of halogens is 1. The molecule has 0 unspecified atom stereocenters. The number of carbonyl (C=O) groups is 1. The number of nitrogens with one attached hydrogen (secondary N) is 1. The molecule has 1 amide bonds. The summed E-state index contributed by atoms with van der Waals surface area (Å²) < 4.78 is 19.4. The van der Waals surface area contributed by atoms with Crippen molar-refractivity contribution in [2.24, 2.45) is 0 Å². The Balaban J connectivity index is 1.26. The Morgan fingerprint density at radius 1 is 1.12 bits per heavy atom. The number of para-hydroxylation sites is 1. The lowest BCUT2D eigenvalue weighted by molar-refractivity contribution is -0.117. The fourth-order valence-electron chi connectivity index (χ4n) is 3.20. The monoisotopic (exact) mass is 344 g/mol. The van der Waals surface area contributed by atoms with E-state index in [9.17, 15) is 9.18 Å². The third-order valence-corrected chi connectivity index (χ3v) is 4.83. The van der Waals surface area contributed by atoms with Crippen LogP contribution in [0.1, 0.15) is 49.3 Å². The largest absolute Gasteiger partial charge is 0.425 e. The van der Waals surface area contributed by atoms with Crippen LogP contribution in [0.4, 0.5) is 10.1 Å². The van der Waals surface area contributed by atoms with Crippen molar-refractivity contribution in [2.45, 2.75) is 37.5 Å². The lowest BCUT2D eigenvalue weighted by atomic mass is 9.97. The third kappa shape index (κ3) is 3.87. The van der Waals surface area contributed by atoms with Crippen molar-refractivity contribution >= 4 is 11.6 Å². The number of anilines is 1. The summed E-state index contributed by atoms with van der Waals surface area (Å²) in [6.45, 7) is 1.84. The van der Waals surface area contributed by atoms with Crippen molar-refractivity contribution in [3.63, 3.8) is 0 Å². The summed E-state index contributed by atoms with van der Waals surface area (Å²) in [5, 5.41) is 11.0. The average molecular weight is 344 g/mol. The molecule has 1 aliphatic carbocycles. The quantitative estimate of drug-likeness (QED) is 0.903. The molecule has 1 aromatic heterocycles. The summed E-state index contributed by atoms with van der Waals surface area (Å²) in [5.74, 6) is 1.64. The van der Waals surface area contributed by atoms with Gasteiger partial charge in [-0.1, -0.05) is 12.1 Å². The minimum atomic E-state index is -0.419. The lowest BCUT2D eigenvalue weighted by Crippen LogP contribution is -2.38. The smallest absolute Gasteiger partial charge is 0.238 e. The highest BCUT2D eigenvalue weighted by molar-refractivity contribution is 5.92. The van der Waals surface area contributed by atoms with Crippen molar-refractivity contribution in [3.05, 3.63) is 41.9 Å². The first-order chi connectivity index (χ1) is 12.2. The van der Waals surface area contributed by atoms with Crippen LogP contribution in [0, 0.1) is 5.82 Å². The Hall–Kier alpha value is -2.28. The van der Waals surface area contributed by atoms with Crippen LogP contribution >= 0.6 is 0 Å². The molecule has 1 aliphatic heterocycles. The van der Waals surface area contributed by atoms with Crippen molar-refractivity contribution in [1.82, 2.24) is 15.1 Å². The number of rotatable bonds is 5. The molecule has 2 fully saturated rings. The Morgan fingerprint density at radius 2 is 1.76 bits per heavy atom. The zero-order valence-electron chi connectivity index (χ0n) is 13.9. The van der Waals surface area contributed by atoms with Crippen molar-refractivity contribution in [3.8, 4) is 0 Å². The topological polar surface area (TPSA) is 71.3 Å². The zero-order chi connectivity index (χ0) is 17.2. The molecule has 0 radical (unpaired) electrons. The third-order valence-electron chi connectivity index (χ3n) is 4.83. The molecule has 132 valence electrons. The molecule has 0 atom stereocenters. The fourth-order valence-corrected chi connectivity index (χ4v) is 3.20. The highest BCUT2D eigenvalue weighted by Crippen LogP contribution is 2.40. The molecule has 0 bridgehead atoms. The molecule has 25 heavy (non-hydrogen) atoms. The fraction of sp³-hybridized carbons (Fsp3) is 0.500. The van der Waals surface area contributed by atoms with Gasteiger partial charge in [-0.25, -0.2) is 4.39 Å². The highest BCUT2D eigenvalue weighted by Gasteiger charge is 2.32. The predicted octanol–water partition coefficient (Wildman–Crippen LogP) is 2.90. The van der Waals surface area contributed by atoms with Crippen LogP contribution in [0.25, 0.3) is 0 Å². The van der Waals surface area contributed by atoms with Crippen molar-refractivity contribution in [1.29, 1.82) is 0 Å². The van der Waals surface area contributed by atoms with Crippen molar-refractivity contribution in [2.75, 3.05) is 25.0 Å². The summed E-state index contributed by atoms with van der Waals surface area (Å²) in [4.78, 5) is 14.2. The summed E-state index contributed by atoms with van der Waals surface area (Å²) in [6.07, 6.45) is 4.08. The van der Waals surface area contributed by atoms with Gasteiger partial charge >= 0.3 is 0 Å². The molecule has 7 heteroatoms. The van der Waals surface area contributed by atoms with Crippen LogP contribution in [-0.4, -0.2) is 40.6 Å². The first-order valence-corrected chi connectivity index (χ1v) is 8.79. The average Bonchev–Trinajstić information content (AvgIpc) is 3.35. The number of piperidine rings is 1. The maximum Gasteiger partial charge on any atom is 0.238 e. The van der Waals surface area contributed by atoms with E-state index in [1.807, 2.05) is 0 Å². The van der Waals surface area contributed by atoms with Gasteiger partial charge in [0.25, 0.3) is 0 Å². The number of benzene rings is 1. The molecular formula is C18H21FN4O2. The van der Waals surface area contributed by atoms with E-state index < -0.39 is 5.82 Å². The minimum Gasteiger partial charge on any atom is -0.425 e. The number of nitrogens with zero attached hydrogens (tertiary/aromatic N) is 3. The van der Waals surface area contributed by atoms with Gasteiger partial charge in [-0.05, 0) is 50.9 Å². The molecule has 1 N–H and O–H groups in total. The second-order valence-corrected chi connectivity index (χ2v) is 6.83. The van der Waals surface area contributed by atoms with Gasteiger partial charge in [0.05, 0.1) is 12.2 Å². The van der Waals surface area contributed by atoms with E-state index in [-0.39, 0.29) is 24.1 Å². The summed E-state index contributed by atoms with van der Waals surface area (Å²) in [6, 6.07) is 6.19. The first-order valence-electron chi connectivity index (χ1n) is 8.79. The first kappa shape index (κ1) is 16.2. The number of amides is 1. The van der Waals surface area contributed by atoms with Gasteiger partial charge in [-0.2, -0.15) is 0 Å². The molecule has 2 heterocycles. The van der Waals surface area contributed by atoms with E-state index in [0.717, 1.165) is 50.6 Å². The second-order valence-electron chi connectivity index (χ2n) is 6.83. The Bertz CT molecular complexity index is 751. The van der Waals surface area contributed by atoms with E-state index in [2.05, 4.69) is 20.4 Å². The van der Waals surface area contributed by atoms with E-state index in [0.29, 0.717) is 5.92 Å². The lowest BCUT2D eigenvalue weighted by Gasteiger charge is -2.29. The van der Waals surface area contributed by atoms with Crippen molar-refractivity contribution < 1.29 is 13.6 Å². The predicted molar refractivity (Wildman–Crippen MR) is 89.7 cm³/mol. The van der Waals surface area contributed by atoms with Gasteiger partial charge in [0.1, 0.15) is 5.82 Å². The SMILES string of the molecule is O=C(CN1CCC(c2nnc(C3CC3)o2)CC1)Nc1ccccc1F. The Kier molecular flexibility index (Phi) is 4.48. The van der Waals surface area contributed by atoms with Gasteiger partial charge in [-0.3, -0.25) is 9.69 Å². The molecular weight excluding hydrogens is 323 g/mol. The standard InChI is InChI=1S/C18H21FN4O2/c19-14-3-1-2-4-15(14)20-16(24)11-23-9-7-13(8-10-23)18-22-21-17(25-18)12-5-6-12/h1-4,12-13H,5-11H2,(H,20,24). The van der Waals surface area contributed by atoms with Crippen LogP contribution in [0.2, 0.25) is 0 Å². The Labute approximate surface area is 145 Å². The number of hydrogen-bond acceptors (Lipinski definition) is 5. The van der Waals surface area contributed by atoms with Crippen LogP contribution in [0.3, 0.4) is 0 Å². The molecule has 1 aromatic carbocycles. The number of carbonyl (C=O) groups excluding carboxylic acids is 1. The highest BCUT2D eigenvalue weighted by atomic mass is 19.1. The summed E-state index contributed by atoms with van der Waals surface area (Å²) >= 11 is 0. The van der Waals surface area contributed by atoms with E-state index in [4.69, 9.17) is 4.42 Å². The molecule has 0 spiro atoms. The molecule has 1 saturated heterocycles. The molecule has 2 aromatic rings. The molecule has 4 rings (SSSR count). The minimum absolute atomic E-state index is 0.197. The van der Waals surface area contributed by atoms with Crippen LogP contribution < -0.4 is 5.32 Å². The number of likely N-dealkylation sites (tertiary alicyclic amines) is 1. The molecule has 2 aliphatic rings. The van der Waals surface area contributed by atoms with Gasteiger partial charge in [0.15, 0.2) is 0 Å². The zero-order valence-corrected chi connectivity index (χ0v) is 13.9. The van der Waals surface area contributed by atoms with Gasteiger partial charge in [0, 0.05) is 11.8 Å². The number of hydrogen-bond donors (Lipinski definition) is 1. The summed E-state index contributed by atoms with van der Waals surface area (Å²) in [7, 11) is 0. The summed E-state index contributed by atoms with van der Waals surface area (Å²) in [5.41, 5.74) is 0.223. The van der Waals surface area contributed by atoms with Gasteiger partial charge in [0.2, 0.25) is 17.7 Å². The van der Waals surface area contributed by atoms with Crippen LogP contribution in [-0.2, 0) is 4.79 Å².